The highest BCUT2D eigenvalue weighted by Gasteiger charge is 2.64. The third kappa shape index (κ3) is 7.13. The molecule has 0 radical (unpaired) electrons. The molecule has 0 aromatic heterocycles. The highest BCUT2D eigenvalue weighted by atomic mass is 35.5. The van der Waals surface area contributed by atoms with Crippen molar-refractivity contribution >= 4 is 46.8 Å². The van der Waals surface area contributed by atoms with Gasteiger partial charge >= 0.3 is 0 Å². The minimum atomic E-state index is -0.971. The topological polar surface area (TPSA) is 152 Å². The van der Waals surface area contributed by atoms with Crippen molar-refractivity contribution in [2.75, 3.05) is 31.1 Å². The Morgan fingerprint density at radius 1 is 0.897 bits per heavy atom. The maximum Gasteiger partial charge on any atom is 0.262 e. The Bertz CT molecular complexity index is 2220. The van der Waals surface area contributed by atoms with Gasteiger partial charge in [-0.3, -0.25) is 39.1 Å². The summed E-state index contributed by atoms with van der Waals surface area (Å²) in [6.45, 7) is 12.8. The van der Waals surface area contributed by atoms with Crippen LogP contribution < -0.4 is 20.3 Å². The van der Waals surface area contributed by atoms with E-state index in [1.54, 1.807) is 18.2 Å². The number of nitrogens with one attached hydrogen (secondary N) is 2. The number of benzene rings is 3. The molecule has 1 unspecified atom stereocenters. The Hall–Kier alpha value is -5.25. The number of amides is 5. The number of fused-ring (bicyclic) bond motifs is 2. The minimum Gasteiger partial charge on any atom is -0.489 e. The monoisotopic (exact) mass is 804 g/mol. The number of rotatable bonds is 8. The lowest BCUT2D eigenvalue weighted by molar-refractivity contribution is -0.164. The van der Waals surface area contributed by atoms with E-state index in [1.807, 2.05) is 36.4 Å². The second-order valence-electron chi connectivity index (χ2n) is 17.7. The molecular weight excluding hydrogens is 756 g/mol. The molecule has 3 fully saturated rings. The van der Waals surface area contributed by atoms with Crippen LogP contribution in [0.25, 0.3) is 0 Å². The van der Waals surface area contributed by atoms with Gasteiger partial charge in [0.05, 0.1) is 21.7 Å². The Labute approximate surface area is 343 Å². The standard InChI is InChI=1S/C45H49ClN6O6/c1-44(2)42(45(3,4)43(44)58-32-12-9-29(23-47)35(46)22-32)49-38(54)27-7-10-31(11-8-27)51-18-15-26(16-19-51)24-50-17-5-6-28-20-33-34(21-30(28)25-50)41(57)52(40(33)56)36-13-14-37(53)48-39(36)55/h7-12,20-22,26,36,42-43H,5-6,13-19,24-25H2,1-4H3,(H,49,54)(H,48,53,55)/t36?,42-,43-. The molecular formula is C45H49ClN6O6. The average molecular weight is 805 g/mol. The summed E-state index contributed by atoms with van der Waals surface area (Å²) >= 11 is 6.25. The fourth-order valence-electron chi connectivity index (χ4n) is 10.3. The number of carbonyl (C=O) groups is 5. The third-order valence-electron chi connectivity index (χ3n) is 13.1. The number of anilines is 1. The molecule has 1 atom stereocenters. The van der Waals surface area contributed by atoms with Crippen LogP contribution >= 0.6 is 11.6 Å². The number of carbonyl (C=O) groups excluding carboxylic acids is 5. The molecule has 1 aliphatic carbocycles. The van der Waals surface area contributed by atoms with Crippen molar-refractivity contribution in [3.8, 4) is 11.8 Å². The summed E-state index contributed by atoms with van der Waals surface area (Å²) in [5.41, 5.74) is 4.19. The van der Waals surface area contributed by atoms with Gasteiger partial charge in [-0.25, -0.2) is 0 Å². The molecule has 0 bridgehead atoms. The van der Waals surface area contributed by atoms with Crippen molar-refractivity contribution in [3.63, 3.8) is 0 Å². The summed E-state index contributed by atoms with van der Waals surface area (Å²) in [5.74, 6) is -0.929. The van der Waals surface area contributed by atoms with Gasteiger partial charge < -0.3 is 15.0 Å². The summed E-state index contributed by atoms with van der Waals surface area (Å²) in [4.78, 5) is 70.5. The number of hydrogen-bond donors (Lipinski definition) is 2. The molecule has 58 heavy (non-hydrogen) atoms. The van der Waals surface area contributed by atoms with Crippen LogP contribution in [0.3, 0.4) is 0 Å². The van der Waals surface area contributed by atoms with Crippen LogP contribution in [-0.2, 0) is 22.6 Å². The maximum atomic E-state index is 13.5. The maximum absolute atomic E-state index is 13.5. The molecule has 302 valence electrons. The number of hydrogen-bond acceptors (Lipinski definition) is 9. The number of imide groups is 2. The van der Waals surface area contributed by atoms with Gasteiger partial charge in [0.15, 0.2) is 0 Å². The smallest absolute Gasteiger partial charge is 0.262 e. The second kappa shape index (κ2) is 15.2. The van der Waals surface area contributed by atoms with Gasteiger partial charge in [-0.1, -0.05) is 39.3 Å². The van der Waals surface area contributed by atoms with Crippen LogP contribution in [-0.4, -0.2) is 83.7 Å². The first-order chi connectivity index (χ1) is 27.6. The van der Waals surface area contributed by atoms with Crippen molar-refractivity contribution < 1.29 is 28.7 Å². The van der Waals surface area contributed by atoms with E-state index in [0.717, 1.165) is 73.6 Å². The lowest BCUT2D eigenvalue weighted by Crippen LogP contribution is -2.74. The highest BCUT2D eigenvalue weighted by molar-refractivity contribution is 6.31. The largest absolute Gasteiger partial charge is 0.489 e. The molecule has 13 heteroatoms. The van der Waals surface area contributed by atoms with Crippen molar-refractivity contribution in [3.05, 3.63) is 93.0 Å². The van der Waals surface area contributed by atoms with Crippen LogP contribution in [0.4, 0.5) is 5.69 Å². The molecule has 3 aromatic rings. The van der Waals surface area contributed by atoms with Crippen LogP contribution in [0, 0.1) is 28.1 Å². The molecule has 2 N–H and O–H groups in total. The van der Waals surface area contributed by atoms with Crippen LogP contribution in [0.15, 0.2) is 54.6 Å². The van der Waals surface area contributed by atoms with Crippen molar-refractivity contribution in [1.29, 1.82) is 5.26 Å². The number of nitrogens with zero attached hydrogens (tertiary/aromatic N) is 4. The van der Waals surface area contributed by atoms with E-state index in [4.69, 9.17) is 16.3 Å². The zero-order valence-electron chi connectivity index (χ0n) is 33.4. The van der Waals surface area contributed by atoms with Gasteiger partial charge in [0.25, 0.3) is 17.7 Å². The predicted molar refractivity (Wildman–Crippen MR) is 217 cm³/mol. The van der Waals surface area contributed by atoms with Gasteiger partial charge in [0.2, 0.25) is 11.8 Å². The van der Waals surface area contributed by atoms with Crippen LogP contribution in [0.1, 0.15) is 108 Å². The summed E-state index contributed by atoms with van der Waals surface area (Å²) in [6.07, 6.45) is 3.87. The van der Waals surface area contributed by atoms with E-state index in [-0.39, 0.29) is 47.6 Å². The number of aryl methyl sites for hydroxylation is 1. The molecule has 5 amide bonds. The first-order valence-electron chi connectivity index (χ1n) is 20.3. The lowest BCUT2D eigenvalue weighted by atomic mass is 9.49. The van der Waals surface area contributed by atoms with Crippen molar-refractivity contribution in [1.82, 2.24) is 20.4 Å². The van der Waals surface area contributed by atoms with E-state index < -0.39 is 23.8 Å². The van der Waals surface area contributed by atoms with E-state index in [2.05, 4.69) is 54.2 Å². The van der Waals surface area contributed by atoms with E-state index in [0.29, 0.717) is 45.5 Å². The number of halogens is 1. The molecule has 4 heterocycles. The molecule has 5 aliphatic rings. The van der Waals surface area contributed by atoms with Gasteiger partial charge in [-0.2, -0.15) is 5.26 Å². The zero-order chi connectivity index (χ0) is 41.1. The summed E-state index contributed by atoms with van der Waals surface area (Å²) in [5, 5.41) is 15.1. The molecule has 3 aromatic carbocycles. The van der Waals surface area contributed by atoms with Crippen molar-refractivity contribution in [2.45, 2.75) is 91.0 Å². The Kier molecular flexibility index (Phi) is 10.3. The fourth-order valence-corrected chi connectivity index (χ4v) is 10.5. The summed E-state index contributed by atoms with van der Waals surface area (Å²) in [7, 11) is 0. The highest BCUT2D eigenvalue weighted by Crippen LogP contribution is 2.55. The quantitative estimate of drug-likeness (QED) is 0.266. The van der Waals surface area contributed by atoms with Crippen LogP contribution in [0.5, 0.6) is 5.75 Å². The first kappa shape index (κ1) is 39.6. The Morgan fingerprint density at radius 3 is 2.21 bits per heavy atom. The SMILES string of the molecule is CC1(C)[C@H](NC(=O)c2ccc(N3CCC(CN4CCCc5cc6c(cc5C4)C(=O)N(C4CCC(=O)NC4=O)C6=O)CC3)cc2)C(C)(C)[C@H]1Oc1ccc(C#N)c(Cl)c1. The Morgan fingerprint density at radius 2 is 1.57 bits per heavy atom. The third-order valence-corrected chi connectivity index (χ3v) is 13.4. The normalized spacial score (nSPS) is 24.2. The number of nitriles is 1. The molecule has 1 saturated carbocycles. The lowest BCUT2D eigenvalue weighted by Gasteiger charge is -2.63. The predicted octanol–water partition coefficient (Wildman–Crippen LogP) is 5.89. The summed E-state index contributed by atoms with van der Waals surface area (Å²) < 4.78 is 6.38. The molecule has 8 rings (SSSR count). The van der Waals surface area contributed by atoms with Gasteiger partial charge in [0.1, 0.15) is 24.0 Å². The number of ether oxygens (including phenoxy) is 1. The zero-order valence-corrected chi connectivity index (χ0v) is 34.2. The van der Waals surface area contributed by atoms with E-state index >= 15 is 0 Å². The fraction of sp³-hybridized carbons (Fsp3) is 0.467. The summed E-state index contributed by atoms with van der Waals surface area (Å²) in [6, 6.07) is 17.6. The van der Waals surface area contributed by atoms with E-state index in [9.17, 15) is 29.2 Å². The first-order valence-corrected chi connectivity index (χ1v) is 20.7. The molecule has 2 saturated heterocycles. The van der Waals surface area contributed by atoms with Gasteiger partial charge in [-0.05, 0) is 104 Å². The van der Waals surface area contributed by atoms with E-state index in [1.165, 1.54) is 0 Å². The molecule has 4 aliphatic heterocycles. The number of piperidine rings is 2. The van der Waals surface area contributed by atoms with Crippen LogP contribution in [0.2, 0.25) is 5.02 Å². The average Bonchev–Trinajstić information content (AvgIpc) is 3.30. The van der Waals surface area contributed by atoms with Gasteiger partial charge in [-0.15, -0.1) is 0 Å². The second-order valence-corrected chi connectivity index (χ2v) is 18.1. The molecule has 12 nitrogen and oxygen atoms in total. The van der Waals surface area contributed by atoms with Gasteiger partial charge in [0, 0.05) is 66.8 Å². The Balaban J connectivity index is 0.839. The van der Waals surface area contributed by atoms with Crippen molar-refractivity contribution in [2.24, 2.45) is 16.7 Å². The molecule has 0 spiro atoms. The minimum absolute atomic E-state index is 0.0937.